The maximum atomic E-state index is 5.58. The molecule has 0 N–H and O–H groups in total. The van der Waals surface area contributed by atoms with Crippen molar-refractivity contribution in [2.75, 3.05) is 6.61 Å². The van der Waals surface area contributed by atoms with E-state index in [0.29, 0.717) is 18.8 Å². The molecule has 0 saturated carbocycles. The lowest BCUT2D eigenvalue weighted by atomic mass is 10.2. The Morgan fingerprint density at radius 2 is 2.00 bits per heavy atom. The molecule has 0 aromatic heterocycles. The van der Waals surface area contributed by atoms with Crippen molar-refractivity contribution >= 4 is 0 Å². The minimum absolute atomic E-state index is 0.464. The fourth-order valence-electron chi connectivity index (χ4n) is 1.76. The molecule has 2 nitrogen and oxygen atoms in total. The molecule has 15 heavy (non-hydrogen) atoms. The van der Waals surface area contributed by atoms with Gasteiger partial charge in [-0.1, -0.05) is 37.3 Å². The number of hydrogen-bond donors (Lipinski definition) is 0. The molecule has 1 aliphatic heterocycles. The molecule has 0 amide bonds. The third-order valence-corrected chi connectivity index (χ3v) is 2.75. The predicted molar refractivity (Wildman–Crippen MR) is 59.7 cm³/mol. The van der Waals surface area contributed by atoms with Crippen LogP contribution in [0.15, 0.2) is 30.3 Å². The van der Waals surface area contributed by atoms with Crippen LogP contribution in [0.3, 0.4) is 0 Å². The molecule has 1 fully saturated rings. The van der Waals surface area contributed by atoms with Crippen molar-refractivity contribution in [3.63, 3.8) is 0 Å². The summed E-state index contributed by atoms with van der Waals surface area (Å²) in [5.41, 5.74) is 1.24. The average Bonchev–Trinajstić information content (AvgIpc) is 3.05. The van der Waals surface area contributed by atoms with Gasteiger partial charge in [0.25, 0.3) is 0 Å². The van der Waals surface area contributed by atoms with Gasteiger partial charge in [0.1, 0.15) is 0 Å². The van der Waals surface area contributed by atoms with Crippen molar-refractivity contribution in [3.8, 4) is 0 Å². The van der Waals surface area contributed by atoms with Gasteiger partial charge < -0.3 is 9.47 Å². The Kier molecular flexibility index (Phi) is 3.75. The number of ether oxygens (including phenoxy) is 2. The van der Waals surface area contributed by atoms with E-state index in [-0.39, 0.29) is 0 Å². The fourth-order valence-corrected chi connectivity index (χ4v) is 1.76. The van der Waals surface area contributed by atoms with E-state index in [4.69, 9.17) is 9.47 Å². The van der Waals surface area contributed by atoms with Crippen LogP contribution in [0.5, 0.6) is 0 Å². The highest BCUT2D eigenvalue weighted by molar-refractivity contribution is 5.13. The second kappa shape index (κ2) is 5.29. The molecule has 0 aliphatic carbocycles. The standard InChI is InChI=1S/C13H18O2/c1-2-12-13(15-12)8-9-14-10-11-6-4-3-5-7-11/h3-7,12-13H,2,8-10H2,1H3/t12-,13-/m1/s1. The minimum Gasteiger partial charge on any atom is -0.377 e. The second-order valence-corrected chi connectivity index (χ2v) is 3.95. The van der Waals surface area contributed by atoms with Crippen LogP contribution in [0.2, 0.25) is 0 Å². The molecule has 1 saturated heterocycles. The molecule has 2 rings (SSSR count). The summed E-state index contributed by atoms with van der Waals surface area (Å²) in [5, 5.41) is 0. The average molecular weight is 206 g/mol. The van der Waals surface area contributed by atoms with Gasteiger partial charge in [0.15, 0.2) is 0 Å². The molecule has 0 radical (unpaired) electrons. The van der Waals surface area contributed by atoms with Crippen molar-refractivity contribution < 1.29 is 9.47 Å². The lowest BCUT2D eigenvalue weighted by Gasteiger charge is -2.02. The van der Waals surface area contributed by atoms with Gasteiger partial charge in [-0.3, -0.25) is 0 Å². The first-order chi connectivity index (χ1) is 7.40. The highest BCUT2D eigenvalue weighted by Gasteiger charge is 2.35. The Hall–Kier alpha value is -0.860. The number of rotatable bonds is 6. The van der Waals surface area contributed by atoms with Gasteiger partial charge in [0.05, 0.1) is 18.8 Å². The smallest absolute Gasteiger partial charge is 0.0863 e. The number of epoxide rings is 1. The van der Waals surface area contributed by atoms with Gasteiger partial charge in [-0.2, -0.15) is 0 Å². The Morgan fingerprint density at radius 3 is 2.67 bits per heavy atom. The Morgan fingerprint density at radius 1 is 1.20 bits per heavy atom. The Balaban J connectivity index is 1.56. The summed E-state index contributed by atoms with van der Waals surface area (Å²) in [6.07, 6.45) is 3.13. The summed E-state index contributed by atoms with van der Waals surface area (Å²) in [4.78, 5) is 0. The molecule has 2 atom stereocenters. The Labute approximate surface area is 91.2 Å². The maximum Gasteiger partial charge on any atom is 0.0863 e. The highest BCUT2D eigenvalue weighted by Crippen LogP contribution is 2.27. The van der Waals surface area contributed by atoms with E-state index in [9.17, 15) is 0 Å². The quantitative estimate of drug-likeness (QED) is 0.527. The van der Waals surface area contributed by atoms with Crippen LogP contribution in [0, 0.1) is 0 Å². The van der Waals surface area contributed by atoms with Crippen molar-refractivity contribution in [1.29, 1.82) is 0 Å². The van der Waals surface area contributed by atoms with Crippen molar-refractivity contribution in [1.82, 2.24) is 0 Å². The highest BCUT2D eigenvalue weighted by atomic mass is 16.6. The monoisotopic (exact) mass is 206 g/mol. The molecule has 0 spiro atoms. The third-order valence-electron chi connectivity index (χ3n) is 2.75. The summed E-state index contributed by atoms with van der Waals surface area (Å²) in [5.74, 6) is 0. The van der Waals surface area contributed by atoms with Crippen LogP contribution in [-0.2, 0) is 16.1 Å². The lowest BCUT2D eigenvalue weighted by molar-refractivity contribution is 0.113. The number of hydrogen-bond acceptors (Lipinski definition) is 2. The molecule has 1 aliphatic rings. The molecule has 2 heteroatoms. The van der Waals surface area contributed by atoms with Crippen LogP contribution >= 0.6 is 0 Å². The fraction of sp³-hybridized carbons (Fsp3) is 0.538. The van der Waals surface area contributed by atoms with Gasteiger partial charge in [-0.05, 0) is 18.4 Å². The topological polar surface area (TPSA) is 21.8 Å². The van der Waals surface area contributed by atoms with Crippen molar-refractivity contribution in [3.05, 3.63) is 35.9 Å². The first kappa shape index (κ1) is 10.7. The van der Waals surface area contributed by atoms with Crippen LogP contribution in [-0.4, -0.2) is 18.8 Å². The van der Waals surface area contributed by atoms with Crippen LogP contribution in [0.1, 0.15) is 25.3 Å². The summed E-state index contributed by atoms with van der Waals surface area (Å²) in [6.45, 7) is 3.68. The molecule has 0 bridgehead atoms. The number of benzene rings is 1. The van der Waals surface area contributed by atoms with E-state index in [1.807, 2.05) is 18.2 Å². The van der Waals surface area contributed by atoms with Gasteiger partial charge in [-0.25, -0.2) is 0 Å². The van der Waals surface area contributed by atoms with Crippen molar-refractivity contribution in [2.45, 2.75) is 38.6 Å². The third kappa shape index (κ3) is 3.33. The van der Waals surface area contributed by atoms with Gasteiger partial charge in [0.2, 0.25) is 0 Å². The molecule has 82 valence electrons. The minimum atomic E-state index is 0.464. The van der Waals surface area contributed by atoms with E-state index in [1.54, 1.807) is 0 Å². The van der Waals surface area contributed by atoms with Crippen LogP contribution in [0.4, 0.5) is 0 Å². The summed E-state index contributed by atoms with van der Waals surface area (Å²) >= 11 is 0. The molecule has 0 unspecified atom stereocenters. The van der Waals surface area contributed by atoms with Crippen LogP contribution < -0.4 is 0 Å². The SMILES string of the molecule is CC[C@H]1O[C@@H]1CCOCc1ccccc1. The van der Waals surface area contributed by atoms with Gasteiger partial charge in [-0.15, -0.1) is 0 Å². The molecule has 1 aromatic rings. The zero-order valence-corrected chi connectivity index (χ0v) is 9.19. The first-order valence-electron chi connectivity index (χ1n) is 5.67. The maximum absolute atomic E-state index is 5.58. The normalized spacial score (nSPS) is 24.1. The van der Waals surface area contributed by atoms with E-state index < -0.39 is 0 Å². The molecule has 1 heterocycles. The first-order valence-corrected chi connectivity index (χ1v) is 5.67. The van der Waals surface area contributed by atoms with E-state index in [0.717, 1.165) is 19.4 Å². The van der Waals surface area contributed by atoms with Crippen molar-refractivity contribution in [2.24, 2.45) is 0 Å². The van der Waals surface area contributed by atoms with E-state index in [1.165, 1.54) is 5.56 Å². The van der Waals surface area contributed by atoms with Crippen LogP contribution in [0.25, 0.3) is 0 Å². The molecule has 1 aromatic carbocycles. The van der Waals surface area contributed by atoms with Gasteiger partial charge in [0, 0.05) is 6.61 Å². The Bertz CT molecular complexity index is 284. The van der Waals surface area contributed by atoms with E-state index >= 15 is 0 Å². The lowest BCUT2D eigenvalue weighted by Crippen LogP contribution is -2.01. The largest absolute Gasteiger partial charge is 0.377 e. The zero-order valence-electron chi connectivity index (χ0n) is 9.19. The summed E-state index contributed by atoms with van der Waals surface area (Å²) in [7, 11) is 0. The summed E-state index contributed by atoms with van der Waals surface area (Å²) < 4.78 is 11.0. The predicted octanol–water partition coefficient (Wildman–Crippen LogP) is 2.77. The van der Waals surface area contributed by atoms with E-state index in [2.05, 4.69) is 19.1 Å². The van der Waals surface area contributed by atoms with Gasteiger partial charge >= 0.3 is 0 Å². The molecular weight excluding hydrogens is 188 g/mol. The second-order valence-electron chi connectivity index (χ2n) is 3.95. The zero-order chi connectivity index (χ0) is 10.5. The molecular formula is C13H18O2. The summed E-state index contributed by atoms with van der Waals surface area (Å²) in [6, 6.07) is 10.3.